The van der Waals surface area contributed by atoms with E-state index in [1.807, 2.05) is 6.07 Å². The molecule has 2 heterocycles. The van der Waals surface area contributed by atoms with E-state index >= 15 is 0 Å². The molecule has 1 aliphatic heterocycles. The van der Waals surface area contributed by atoms with Gasteiger partial charge in [0.1, 0.15) is 5.75 Å². The van der Waals surface area contributed by atoms with Crippen molar-refractivity contribution < 1.29 is 9.90 Å². The molecule has 0 unspecified atom stereocenters. The van der Waals surface area contributed by atoms with Crippen molar-refractivity contribution in [3.05, 3.63) is 64.6 Å². The quantitative estimate of drug-likeness (QED) is 0.837. The van der Waals surface area contributed by atoms with Gasteiger partial charge in [-0.25, -0.2) is 0 Å². The van der Waals surface area contributed by atoms with Crippen molar-refractivity contribution in [2.24, 2.45) is 5.92 Å². The summed E-state index contributed by atoms with van der Waals surface area (Å²) in [4.78, 5) is 25.9. The van der Waals surface area contributed by atoms with Crippen molar-refractivity contribution in [2.75, 3.05) is 13.1 Å². The molecule has 1 aromatic heterocycles. The topological polar surface area (TPSA) is 62.5 Å². The fourth-order valence-electron chi connectivity index (χ4n) is 3.30. The predicted octanol–water partition coefficient (Wildman–Crippen LogP) is 3.30. The fraction of sp³-hybridized carbons (Fsp3) is 0.300. The number of nitrogens with zero attached hydrogens (tertiary/aromatic N) is 2. The lowest BCUT2D eigenvalue weighted by atomic mass is 9.96. The van der Waals surface area contributed by atoms with Gasteiger partial charge in [0.2, 0.25) is 5.91 Å². The summed E-state index contributed by atoms with van der Waals surface area (Å²) in [5.41, 5.74) is 1.21. The van der Waals surface area contributed by atoms with Crippen molar-refractivity contribution in [1.82, 2.24) is 9.47 Å². The van der Waals surface area contributed by atoms with Gasteiger partial charge < -0.3 is 14.6 Å². The Morgan fingerprint density at radius 1 is 1.27 bits per heavy atom. The smallest absolute Gasteiger partial charge is 0.251 e. The molecule has 0 spiro atoms. The van der Waals surface area contributed by atoms with E-state index < -0.39 is 0 Å². The number of phenolic OH excluding ortho intramolecular Hbond substituents is 1. The molecule has 136 valence electrons. The number of pyridine rings is 1. The fourth-order valence-corrected chi connectivity index (χ4v) is 3.53. The summed E-state index contributed by atoms with van der Waals surface area (Å²) in [6, 6.07) is 8.04. The van der Waals surface area contributed by atoms with Crippen LogP contribution in [0, 0.1) is 5.92 Å². The van der Waals surface area contributed by atoms with Crippen LogP contribution in [0.25, 0.3) is 11.1 Å². The maximum Gasteiger partial charge on any atom is 0.251 e. The third kappa shape index (κ3) is 3.99. The summed E-state index contributed by atoms with van der Waals surface area (Å²) in [5.74, 6) is 0.430. The van der Waals surface area contributed by atoms with Gasteiger partial charge in [-0.3, -0.25) is 9.59 Å². The number of aromatic nitrogens is 1. The van der Waals surface area contributed by atoms with Crippen LogP contribution in [-0.2, 0) is 11.3 Å². The summed E-state index contributed by atoms with van der Waals surface area (Å²) in [5, 5.41) is 10.1. The third-order valence-corrected chi connectivity index (χ3v) is 5.14. The van der Waals surface area contributed by atoms with Gasteiger partial charge in [-0.2, -0.15) is 0 Å². The zero-order chi connectivity index (χ0) is 18.7. The highest BCUT2D eigenvalue weighted by molar-refractivity contribution is 6.33. The number of carbonyl (C=O) groups is 1. The van der Waals surface area contributed by atoms with Crippen LogP contribution in [0.3, 0.4) is 0 Å². The Bertz CT molecular complexity index is 883. The van der Waals surface area contributed by atoms with Gasteiger partial charge >= 0.3 is 0 Å². The van der Waals surface area contributed by atoms with Gasteiger partial charge in [0.05, 0.1) is 0 Å². The van der Waals surface area contributed by atoms with Gasteiger partial charge in [-0.05, 0) is 54.7 Å². The summed E-state index contributed by atoms with van der Waals surface area (Å²) in [7, 11) is 0. The number of aromatic hydroxyl groups is 1. The molecule has 5 nitrogen and oxygen atoms in total. The Labute approximate surface area is 157 Å². The highest BCUT2D eigenvalue weighted by Gasteiger charge is 2.21. The minimum absolute atomic E-state index is 0.0343. The van der Waals surface area contributed by atoms with E-state index in [9.17, 15) is 14.7 Å². The lowest BCUT2D eigenvalue weighted by Gasteiger charge is -2.31. The van der Waals surface area contributed by atoms with E-state index in [0.29, 0.717) is 41.7 Å². The van der Waals surface area contributed by atoms with Gasteiger partial charge in [0.25, 0.3) is 5.56 Å². The number of likely N-dealkylation sites (tertiary alicyclic amines) is 1. The average molecular weight is 373 g/mol. The first kappa shape index (κ1) is 18.3. The molecule has 0 radical (unpaired) electrons. The van der Waals surface area contributed by atoms with Crippen LogP contribution < -0.4 is 5.56 Å². The van der Waals surface area contributed by atoms with Crippen LogP contribution in [0.15, 0.2) is 54.0 Å². The maximum atomic E-state index is 12.5. The van der Waals surface area contributed by atoms with Crippen molar-refractivity contribution in [3.63, 3.8) is 0 Å². The van der Waals surface area contributed by atoms with Crippen LogP contribution >= 0.6 is 11.6 Å². The molecule has 26 heavy (non-hydrogen) atoms. The molecule has 2 aromatic rings. The number of carbonyl (C=O) groups excluding carboxylic acids is 1. The molecule has 0 saturated carbocycles. The molecule has 1 amide bonds. The zero-order valence-corrected chi connectivity index (χ0v) is 15.2. The monoisotopic (exact) mass is 372 g/mol. The molecule has 1 saturated heterocycles. The van der Waals surface area contributed by atoms with E-state index in [2.05, 4.69) is 6.58 Å². The van der Waals surface area contributed by atoms with Crippen LogP contribution in [0.2, 0.25) is 5.02 Å². The molecular formula is C20H21ClN2O3. The Balaban J connectivity index is 1.71. The Morgan fingerprint density at radius 3 is 2.65 bits per heavy atom. The minimum Gasteiger partial charge on any atom is -0.508 e. The molecule has 6 heteroatoms. The van der Waals surface area contributed by atoms with Crippen molar-refractivity contribution in [3.8, 4) is 16.9 Å². The summed E-state index contributed by atoms with van der Waals surface area (Å²) in [6.45, 7) is 5.54. The lowest BCUT2D eigenvalue weighted by Crippen LogP contribution is -2.39. The number of hydrogen-bond acceptors (Lipinski definition) is 3. The molecule has 0 atom stereocenters. The molecule has 1 aliphatic rings. The van der Waals surface area contributed by atoms with Gasteiger partial charge in [0, 0.05) is 42.5 Å². The first-order chi connectivity index (χ1) is 12.5. The number of benzene rings is 1. The number of amides is 1. The zero-order valence-electron chi connectivity index (χ0n) is 14.4. The van der Waals surface area contributed by atoms with Crippen LogP contribution in [0.5, 0.6) is 5.75 Å². The summed E-state index contributed by atoms with van der Waals surface area (Å²) < 4.78 is 1.69. The Morgan fingerprint density at radius 2 is 2.00 bits per heavy atom. The van der Waals surface area contributed by atoms with E-state index in [-0.39, 0.29) is 17.2 Å². The van der Waals surface area contributed by atoms with Gasteiger partial charge in [-0.1, -0.05) is 18.2 Å². The molecule has 1 fully saturated rings. The maximum absolute atomic E-state index is 12.5. The van der Waals surface area contributed by atoms with Gasteiger partial charge in [-0.15, -0.1) is 0 Å². The molecule has 1 N–H and O–H groups in total. The van der Waals surface area contributed by atoms with E-state index in [4.69, 9.17) is 11.6 Å². The normalized spacial score (nSPS) is 15.0. The van der Waals surface area contributed by atoms with Crippen LogP contribution in [-0.4, -0.2) is 33.6 Å². The first-order valence-electron chi connectivity index (χ1n) is 8.58. The highest BCUT2D eigenvalue weighted by atomic mass is 35.5. The third-order valence-electron chi connectivity index (χ3n) is 4.81. The summed E-state index contributed by atoms with van der Waals surface area (Å²) in [6.07, 6.45) is 4.84. The van der Waals surface area contributed by atoms with Crippen molar-refractivity contribution in [1.29, 1.82) is 0 Å². The molecule has 3 rings (SSSR count). The van der Waals surface area contributed by atoms with Crippen molar-refractivity contribution in [2.45, 2.75) is 19.4 Å². The molecule has 0 bridgehead atoms. The molecular weight excluding hydrogens is 352 g/mol. The van der Waals surface area contributed by atoms with Crippen molar-refractivity contribution >= 4 is 17.5 Å². The second-order valence-corrected chi connectivity index (χ2v) is 6.95. The predicted molar refractivity (Wildman–Crippen MR) is 102 cm³/mol. The van der Waals surface area contributed by atoms with Gasteiger partial charge in [0.15, 0.2) is 0 Å². The van der Waals surface area contributed by atoms with Crippen LogP contribution in [0.4, 0.5) is 0 Å². The standard InChI is InChI=1S/C20H21ClN2O3/c1-2-19(25)22-8-5-14(6-9-22)13-23-10-7-15(11-20(23)26)17-12-16(24)3-4-18(17)21/h2-4,7,10-12,14,24H,1,5-6,8-9,13H2. The van der Waals surface area contributed by atoms with Crippen LogP contribution in [0.1, 0.15) is 12.8 Å². The second-order valence-electron chi connectivity index (χ2n) is 6.54. The number of rotatable bonds is 4. The Kier molecular flexibility index (Phi) is 5.47. The second kappa shape index (κ2) is 7.79. The van der Waals surface area contributed by atoms with E-state index in [0.717, 1.165) is 12.8 Å². The summed E-state index contributed by atoms with van der Waals surface area (Å²) >= 11 is 6.17. The minimum atomic E-state index is -0.105. The largest absolute Gasteiger partial charge is 0.508 e. The SMILES string of the molecule is C=CC(=O)N1CCC(Cn2ccc(-c3cc(O)ccc3Cl)cc2=O)CC1. The Hall–Kier alpha value is -2.53. The number of phenols is 1. The number of hydrogen-bond donors (Lipinski definition) is 1. The number of piperidine rings is 1. The molecule has 1 aromatic carbocycles. The average Bonchev–Trinajstić information content (AvgIpc) is 2.65. The number of halogens is 1. The van der Waals surface area contributed by atoms with E-state index in [1.54, 1.807) is 27.8 Å². The van der Waals surface area contributed by atoms with E-state index in [1.165, 1.54) is 18.2 Å². The lowest BCUT2D eigenvalue weighted by molar-refractivity contribution is -0.127. The molecule has 0 aliphatic carbocycles. The highest BCUT2D eigenvalue weighted by Crippen LogP contribution is 2.30. The first-order valence-corrected chi connectivity index (χ1v) is 8.96.